The molecule has 2 saturated heterocycles. The summed E-state index contributed by atoms with van der Waals surface area (Å²) in [7, 11) is 0. The zero-order chi connectivity index (χ0) is 19.5. The number of carbonyl (C=O) groups is 1. The maximum absolute atomic E-state index is 12.7. The van der Waals surface area contributed by atoms with Gasteiger partial charge in [-0.1, -0.05) is 11.6 Å². The van der Waals surface area contributed by atoms with E-state index >= 15 is 0 Å². The second-order valence-electron chi connectivity index (χ2n) is 7.64. The van der Waals surface area contributed by atoms with Crippen LogP contribution in [0.1, 0.15) is 31.2 Å². The molecule has 0 unspecified atom stereocenters. The van der Waals surface area contributed by atoms with Crippen LogP contribution in [0, 0.1) is 12.8 Å². The minimum atomic E-state index is 0.0196. The molecular formula is C21H26ClN5O. The van der Waals surface area contributed by atoms with Gasteiger partial charge in [-0.3, -0.25) is 4.79 Å². The number of rotatable bonds is 4. The predicted octanol–water partition coefficient (Wildman–Crippen LogP) is 3.89. The SMILES string of the molecule is Cc1cc(Cl)ccc1NC(=O)C1CCN(c2cncnc2N2CCCC2)CC1. The first-order chi connectivity index (χ1) is 13.6. The zero-order valence-electron chi connectivity index (χ0n) is 16.2. The topological polar surface area (TPSA) is 61.4 Å². The third-order valence-corrected chi connectivity index (χ3v) is 5.97. The van der Waals surface area contributed by atoms with Crippen LogP contribution in [0.4, 0.5) is 17.2 Å². The molecule has 0 aliphatic carbocycles. The van der Waals surface area contributed by atoms with Crippen molar-refractivity contribution in [2.45, 2.75) is 32.6 Å². The van der Waals surface area contributed by atoms with Crippen molar-refractivity contribution in [1.82, 2.24) is 9.97 Å². The lowest BCUT2D eigenvalue weighted by atomic mass is 9.95. The molecule has 2 aromatic rings. The average molecular weight is 400 g/mol. The molecule has 3 heterocycles. The van der Waals surface area contributed by atoms with Crippen LogP contribution in [0.5, 0.6) is 0 Å². The molecule has 7 heteroatoms. The Morgan fingerprint density at radius 1 is 1.14 bits per heavy atom. The maximum Gasteiger partial charge on any atom is 0.227 e. The Labute approximate surface area is 170 Å². The maximum atomic E-state index is 12.7. The molecule has 2 fully saturated rings. The molecular weight excluding hydrogens is 374 g/mol. The van der Waals surface area contributed by atoms with Crippen molar-refractivity contribution in [2.75, 3.05) is 41.3 Å². The summed E-state index contributed by atoms with van der Waals surface area (Å²) in [6, 6.07) is 5.55. The third-order valence-electron chi connectivity index (χ3n) is 5.73. The fraction of sp³-hybridized carbons (Fsp3) is 0.476. The van der Waals surface area contributed by atoms with Crippen LogP contribution in [0.3, 0.4) is 0 Å². The first-order valence-corrected chi connectivity index (χ1v) is 10.4. The van der Waals surface area contributed by atoms with Crippen molar-refractivity contribution in [1.29, 1.82) is 0 Å². The van der Waals surface area contributed by atoms with Gasteiger partial charge in [0.25, 0.3) is 0 Å². The van der Waals surface area contributed by atoms with E-state index in [2.05, 4.69) is 25.1 Å². The molecule has 0 radical (unpaired) electrons. The summed E-state index contributed by atoms with van der Waals surface area (Å²) < 4.78 is 0. The molecule has 1 amide bonds. The molecule has 0 spiro atoms. The Morgan fingerprint density at radius 2 is 1.89 bits per heavy atom. The van der Waals surface area contributed by atoms with Gasteiger partial charge in [-0.2, -0.15) is 0 Å². The molecule has 1 aromatic carbocycles. The van der Waals surface area contributed by atoms with E-state index in [9.17, 15) is 4.79 Å². The minimum absolute atomic E-state index is 0.0196. The van der Waals surface area contributed by atoms with E-state index in [1.54, 1.807) is 6.33 Å². The number of amides is 1. The standard InChI is InChI=1S/C21H26ClN5O/c1-15-12-17(22)4-5-18(15)25-21(28)16-6-10-26(11-7-16)19-13-23-14-24-20(19)27-8-2-3-9-27/h4-5,12-14,16H,2-3,6-11H2,1H3,(H,25,28). The lowest BCUT2D eigenvalue weighted by Crippen LogP contribution is -2.39. The molecule has 0 bridgehead atoms. The van der Waals surface area contributed by atoms with Crippen LogP contribution >= 0.6 is 11.6 Å². The summed E-state index contributed by atoms with van der Waals surface area (Å²) >= 11 is 6.00. The number of piperidine rings is 1. The van der Waals surface area contributed by atoms with Gasteiger partial charge in [-0.25, -0.2) is 9.97 Å². The summed E-state index contributed by atoms with van der Waals surface area (Å²) in [5.74, 6) is 1.15. The molecule has 0 atom stereocenters. The van der Waals surface area contributed by atoms with Crippen molar-refractivity contribution in [2.24, 2.45) is 5.92 Å². The number of anilines is 3. The third kappa shape index (κ3) is 4.07. The summed E-state index contributed by atoms with van der Waals surface area (Å²) in [5, 5.41) is 3.75. The molecule has 2 aliphatic rings. The summed E-state index contributed by atoms with van der Waals surface area (Å²) in [5.41, 5.74) is 2.91. The van der Waals surface area contributed by atoms with Gasteiger partial charge in [0.05, 0.1) is 11.9 Å². The van der Waals surface area contributed by atoms with Gasteiger partial charge < -0.3 is 15.1 Å². The van der Waals surface area contributed by atoms with Crippen LogP contribution in [0.25, 0.3) is 0 Å². The molecule has 4 rings (SSSR count). The molecule has 1 aromatic heterocycles. The normalized spacial score (nSPS) is 17.8. The quantitative estimate of drug-likeness (QED) is 0.844. The van der Waals surface area contributed by atoms with Gasteiger partial charge in [0.1, 0.15) is 6.33 Å². The van der Waals surface area contributed by atoms with Gasteiger partial charge in [0.15, 0.2) is 5.82 Å². The number of nitrogens with zero attached hydrogens (tertiary/aromatic N) is 4. The Bertz CT molecular complexity index is 844. The number of carbonyl (C=O) groups excluding carboxylic acids is 1. The molecule has 28 heavy (non-hydrogen) atoms. The van der Waals surface area contributed by atoms with Gasteiger partial charge in [-0.15, -0.1) is 0 Å². The van der Waals surface area contributed by atoms with Crippen molar-refractivity contribution >= 4 is 34.7 Å². The number of hydrogen-bond acceptors (Lipinski definition) is 5. The van der Waals surface area contributed by atoms with Crippen molar-refractivity contribution in [3.8, 4) is 0 Å². The zero-order valence-corrected chi connectivity index (χ0v) is 17.0. The number of aromatic nitrogens is 2. The number of benzene rings is 1. The lowest BCUT2D eigenvalue weighted by Gasteiger charge is -2.34. The highest BCUT2D eigenvalue weighted by molar-refractivity contribution is 6.30. The number of halogens is 1. The van der Waals surface area contributed by atoms with Crippen molar-refractivity contribution < 1.29 is 4.79 Å². The van der Waals surface area contributed by atoms with E-state index in [4.69, 9.17) is 11.6 Å². The second-order valence-corrected chi connectivity index (χ2v) is 8.07. The first-order valence-electron chi connectivity index (χ1n) is 9.99. The van der Waals surface area contributed by atoms with Crippen molar-refractivity contribution in [3.05, 3.63) is 41.3 Å². The van der Waals surface area contributed by atoms with E-state index in [0.29, 0.717) is 5.02 Å². The first kappa shape index (κ1) is 19.0. The number of aryl methyl sites for hydroxylation is 1. The Balaban J connectivity index is 1.39. The van der Waals surface area contributed by atoms with Crippen molar-refractivity contribution in [3.63, 3.8) is 0 Å². The molecule has 6 nitrogen and oxygen atoms in total. The van der Waals surface area contributed by atoms with E-state index in [1.165, 1.54) is 12.8 Å². The highest BCUT2D eigenvalue weighted by atomic mass is 35.5. The molecule has 0 saturated carbocycles. The highest BCUT2D eigenvalue weighted by Crippen LogP contribution is 2.32. The van der Waals surface area contributed by atoms with E-state index in [0.717, 1.165) is 61.8 Å². The van der Waals surface area contributed by atoms with Crippen LogP contribution in [0.2, 0.25) is 5.02 Å². The Morgan fingerprint density at radius 3 is 2.61 bits per heavy atom. The predicted molar refractivity (Wildman–Crippen MR) is 113 cm³/mol. The Kier molecular flexibility index (Phi) is 5.67. The van der Waals surface area contributed by atoms with Gasteiger partial charge in [0.2, 0.25) is 5.91 Å². The summed E-state index contributed by atoms with van der Waals surface area (Å²) in [6.07, 6.45) is 7.63. The molecule has 1 N–H and O–H groups in total. The summed E-state index contributed by atoms with van der Waals surface area (Å²) in [6.45, 7) is 5.75. The van der Waals surface area contributed by atoms with Gasteiger partial charge in [-0.05, 0) is 56.4 Å². The van der Waals surface area contributed by atoms with E-state index in [1.807, 2.05) is 31.3 Å². The molecule has 148 valence electrons. The van der Waals surface area contributed by atoms with Gasteiger partial charge >= 0.3 is 0 Å². The second kappa shape index (κ2) is 8.35. The summed E-state index contributed by atoms with van der Waals surface area (Å²) in [4.78, 5) is 26.2. The highest BCUT2D eigenvalue weighted by Gasteiger charge is 2.28. The minimum Gasteiger partial charge on any atom is -0.367 e. The monoisotopic (exact) mass is 399 g/mol. The lowest BCUT2D eigenvalue weighted by molar-refractivity contribution is -0.120. The number of nitrogens with one attached hydrogen (secondary N) is 1. The fourth-order valence-electron chi connectivity index (χ4n) is 4.10. The fourth-order valence-corrected chi connectivity index (χ4v) is 4.32. The van der Waals surface area contributed by atoms with Crippen LogP contribution < -0.4 is 15.1 Å². The number of hydrogen-bond donors (Lipinski definition) is 1. The molecule has 2 aliphatic heterocycles. The van der Waals surface area contributed by atoms with Crippen LogP contribution in [0.15, 0.2) is 30.7 Å². The van der Waals surface area contributed by atoms with E-state index < -0.39 is 0 Å². The smallest absolute Gasteiger partial charge is 0.227 e. The average Bonchev–Trinajstić information content (AvgIpc) is 3.25. The van der Waals surface area contributed by atoms with Gasteiger partial charge in [0, 0.05) is 42.8 Å². The van der Waals surface area contributed by atoms with E-state index in [-0.39, 0.29) is 11.8 Å². The van der Waals surface area contributed by atoms with Crippen LogP contribution in [-0.2, 0) is 4.79 Å². The van der Waals surface area contributed by atoms with Crippen LogP contribution in [-0.4, -0.2) is 42.1 Å². The largest absolute Gasteiger partial charge is 0.367 e. The Hall–Kier alpha value is -2.34.